The summed E-state index contributed by atoms with van der Waals surface area (Å²) in [5.41, 5.74) is 4.42. The zero-order valence-electron chi connectivity index (χ0n) is 16.2. The maximum absolute atomic E-state index is 13.9. The van der Waals surface area contributed by atoms with E-state index < -0.39 is 6.04 Å². The Bertz CT molecular complexity index is 940. The molecule has 1 atom stereocenters. The lowest BCUT2D eigenvalue weighted by molar-refractivity contribution is -0.118. The van der Waals surface area contributed by atoms with Gasteiger partial charge in [0, 0.05) is 12.2 Å². The number of amides is 1. The molecule has 0 saturated carbocycles. The fourth-order valence-electron chi connectivity index (χ4n) is 3.14. The summed E-state index contributed by atoms with van der Waals surface area (Å²) in [6, 6.07) is 21.8. The highest BCUT2D eigenvalue weighted by molar-refractivity contribution is 5.96. The van der Waals surface area contributed by atoms with Gasteiger partial charge < -0.3 is 10.6 Å². The van der Waals surface area contributed by atoms with Gasteiger partial charge in [0.1, 0.15) is 11.9 Å². The van der Waals surface area contributed by atoms with Crippen molar-refractivity contribution in [1.82, 2.24) is 5.32 Å². The fraction of sp³-hybridized carbons (Fsp3) is 0.208. The van der Waals surface area contributed by atoms with Crippen LogP contribution >= 0.6 is 0 Å². The van der Waals surface area contributed by atoms with Gasteiger partial charge in [0.15, 0.2) is 0 Å². The molecule has 0 aliphatic carbocycles. The number of carbonyl (C=O) groups is 1. The molecule has 0 aromatic heterocycles. The van der Waals surface area contributed by atoms with Crippen LogP contribution in [0, 0.1) is 19.7 Å². The first-order valence-corrected chi connectivity index (χ1v) is 9.44. The van der Waals surface area contributed by atoms with E-state index in [1.807, 2.05) is 68.4 Å². The minimum Gasteiger partial charge on any atom is -0.324 e. The van der Waals surface area contributed by atoms with Crippen molar-refractivity contribution in [3.63, 3.8) is 0 Å². The number of rotatable bonds is 7. The van der Waals surface area contributed by atoms with Crippen molar-refractivity contribution < 1.29 is 9.18 Å². The average molecular weight is 376 g/mol. The second-order valence-electron chi connectivity index (χ2n) is 6.95. The summed E-state index contributed by atoms with van der Waals surface area (Å²) in [6.07, 6.45) is 0.507. The molecule has 0 heterocycles. The van der Waals surface area contributed by atoms with Gasteiger partial charge in [-0.2, -0.15) is 0 Å². The summed E-state index contributed by atoms with van der Waals surface area (Å²) in [5, 5.41) is 6.32. The summed E-state index contributed by atoms with van der Waals surface area (Å²) in [6.45, 7) is 4.45. The molecule has 0 saturated heterocycles. The van der Waals surface area contributed by atoms with Crippen LogP contribution in [0.5, 0.6) is 0 Å². The summed E-state index contributed by atoms with van der Waals surface area (Å²) < 4.78 is 13.9. The van der Waals surface area contributed by atoms with E-state index in [1.165, 1.54) is 6.07 Å². The number of hydrogen-bond donors (Lipinski definition) is 2. The molecular weight excluding hydrogens is 351 g/mol. The number of benzene rings is 3. The van der Waals surface area contributed by atoms with Crippen LogP contribution in [0.25, 0.3) is 0 Å². The largest absolute Gasteiger partial charge is 0.324 e. The standard InChI is InChI=1S/C24H25FN2O/c1-17-12-13-18(2)22(16-17)27-24(28)23(20-9-4-3-5-10-20)26-15-14-19-8-6-7-11-21(19)25/h3-13,16,23,26H,14-15H2,1-2H3,(H,27,28)/t23-/m0/s1. The Kier molecular flexibility index (Phi) is 6.56. The Morgan fingerprint density at radius 3 is 2.43 bits per heavy atom. The van der Waals surface area contributed by atoms with E-state index in [2.05, 4.69) is 10.6 Å². The van der Waals surface area contributed by atoms with Crippen molar-refractivity contribution in [2.45, 2.75) is 26.3 Å². The van der Waals surface area contributed by atoms with E-state index in [0.29, 0.717) is 18.5 Å². The summed E-state index contributed by atoms with van der Waals surface area (Å²) in [4.78, 5) is 13.0. The van der Waals surface area contributed by atoms with Crippen molar-refractivity contribution in [2.24, 2.45) is 0 Å². The Labute approximate surface area is 165 Å². The first-order valence-electron chi connectivity index (χ1n) is 9.44. The minimum atomic E-state index is -0.520. The van der Waals surface area contributed by atoms with Crippen LogP contribution in [0.2, 0.25) is 0 Å². The average Bonchev–Trinajstić information content (AvgIpc) is 2.70. The number of halogens is 1. The third kappa shape index (κ3) is 5.05. The van der Waals surface area contributed by atoms with Gasteiger partial charge >= 0.3 is 0 Å². The van der Waals surface area contributed by atoms with E-state index in [1.54, 1.807) is 12.1 Å². The maximum atomic E-state index is 13.9. The molecule has 3 rings (SSSR count). The van der Waals surface area contributed by atoms with Gasteiger partial charge in [-0.25, -0.2) is 4.39 Å². The normalized spacial score (nSPS) is 11.8. The molecule has 3 nitrogen and oxygen atoms in total. The zero-order chi connectivity index (χ0) is 19.9. The van der Waals surface area contributed by atoms with Crippen LogP contribution in [0.3, 0.4) is 0 Å². The molecule has 0 bridgehead atoms. The third-order valence-corrected chi connectivity index (χ3v) is 4.75. The minimum absolute atomic E-state index is 0.131. The fourth-order valence-corrected chi connectivity index (χ4v) is 3.14. The number of nitrogens with one attached hydrogen (secondary N) is 2. The van der Waals surface area contributed by atoms with Gasteiger partial charge in [-0.1, -0.05) is 60.7 Å². The van der Waals surface area contributed by atoms with Crippen LogP contribution in [0.15, 0.2) is 72.8 Å². The van der Waals surface area contributed by atoms with E-state index in [-0.39, 0.29) is 11.7 Å². The van der Waals surface area contributed by atoms with Crippen LogP contribution in [-0.4, -0.2) is 12.5 Å². The molecule has 0 spiro atoms. The summed E-state index contributed by atoms with van der Waals surface area (Å²) >= 11 is 0. The highest BCUT2D eigenvalue weighted by Crippen LogP contribution is 2.20. The predicted molar refractivity (Wildman–Crippen MR) is 112 cm³/mol. The summed E-state index contributed by atoms with van der Waals surface area (Å²) in [7, 11) is 0. The highest BCUT2D eigenvalue weighted by Gasteiger charge is 2.20. The van der Waals surface area contributed by atoms with Crippen LogP contribution in [0.1, 0.15) is 28.3 Å². The molecule has 0 fully saturated rings. The Balaban J connectivity index is 1.74. The van der Waals surface area contributed by atoms with E-state index >= 15 is 0 Å². The van der Waals surface area contributed by atoms with Crippen molar-refractivity contribution in [1.29, 1.82) is 0 Å². The predicted octanol–water partition coefficient (Wildman–Crippen LogP) is 4.95. The zero-order valence-corrected chi connectivity index (χ0v) is 16.2. The number of anilines is 1. The van der Waals surface area contributed by atoms with E-state index in [4.69, 9.17) is 0 Å². The number of carbonyl (C=O) groups excluding carboxylic acids is 1. The molecule has 144 valence electrons. The maximum Gasteiger partial charge on any atom is 0.246 e. The molecule has 0 radical (unpaired) electrons. The van der Waals surface area contributed by atoms with E-state index in [0.717, 1.165) is 22.4 Å². The molecule has 28 heavy (non-hydrogen) atoms. The first-order chi connectivity index (χ1) is 13.5. The molecule has 0 aliphatic heterocycles. The van der Waals surface area contributed by atoms with E-state index in [9.17, 15) is 9.18 Å². The number of hydrogen-bond acceptors (Lipinski definition) is 2. The smallest absolute Gasteiger partial charge is 0.246 e. The van der Waals surface area contributed by atoms with Crippen LogP contribution < -0.4 is 10.6 Å². The molecule has 4 heteroatoms. The van der Waals surface area contributed by atoms with Crippen LogP contribution in [0.4, 0.5) is 10.1 Å². The van der Waals surface area contributed by atoms with Gasteiger partial charge in [0.05, 0.1) is 0 Å². The van der Waals surface area contributed by atoms with Gasteiger partial charge in [-0.3, -0.25) is 4.79 Å². The molecule has 2 N–H and O–H groups in total. The quantitative estimate of drug-likeness (QED) is 0.612. The van der Waals surface area contributed by atoms with Gasteiger partial charge in [-0.05, 0) is 54.7 Å². The molecule has 0 aliphatic rings. The summed E-state index contributed by atoms with van der Waals surface area (Å²) in [5.74, 6) is -0.353. The second-order valence-corrected chi connectivity index (χ2v) is 6.95. The van der Waals surface area contributed by atoms with Gasteiger partial charge in [0.2, 0.25) is 5.91 Å². The third-order valence-electron chi connectivity index (χ3n) is 4.75. The first kappa shape index (κ1) is 19.8. The lowest BCUT2D eigenvalue weighted by Gasteiger charge is -2.20. The topological polar surface area (TPSA) is 41.1 Å². The lowest BCUT2D eigenvalue weighted by atomic mass is 10.0. The van der Waals surface area contributed by atoms with Crippen molar-refractivity contribution in [2.75, 3.05) is 11.9 Å². The van der Waals surface area contributed by atoms with Crippen molar-refractivity contribution >= 4 is 11.6 Å². The molecular formula is C24H25FN2O. The highest BCUT2D eigenvalue weighted by atomic mass is 19.1. The molecule has 3 aromatic rings. The lowest BCUT2D eigenvalue weighted by Crippen LogP contribution is -2.34. The van der Waals surface area contributed by atoms with Crippen molar-refractivity contribution in [3.05, 3.63) is 101 Å². The molecule has 1 amide bonds. The Hall–Kier alpha value is -2.98. The van der Waals surface area contributed by atoms with Gasteiger partial charge in [-0.15, -0.1) is 0 Å². The Morgan fingerprint density at radius 1 is 0.964 bits per heavy atom. The SMILES string of the molecule is Cc1ccc(C)c(NC(=O)[C@@H](NCCc2ccccc2F)c2ccccc2)c1. The van der Waals surface area contributed by atoms with Gasteiger partial charge in [0.25, 0.3) is 0 Å². The van der Waals surface area contributed by atoms with Crippen molar-refractivity contribution in [3.8, 4) is 0 Å². The van der Waals surface area contributed by atoms with Crippen LogP contribution in [-0.2, 0) is 11.2 Å². The Morgan fingerprint density at radius 2 is 1.68 bits per heavy atom. The monoisotopic (exact) mass is 376 g/mol. The molecule has 0 unspecified atom stereocenters. The second kappa shape index (κ2) is 9.29. The number of aryl methyl sites for hydroxylation is 2. The molecule has 3 aromatic carbocycles.